The molecule has 28 heavy (non-hydrogen) atoms. The van der Waals surface area contributed by atoms with Gasteiger partial charge in [-0.05, 0) is 42.5 Å². The van der Waals surface area contributed by atoms with Crippen molar-refractivity contribution >= 4 is 40.0 Å². The minimum absolute atomic E-state index is 0.147. The highest BCUT2D eigenvalue weighted by atomic mass is 35.5. The van der Waals surface area contributed by atoms with Crippen molar-refractivity contribution in [1.82, 2.24) is 4.98 Å². The molecule has 0 atom stereocenters. The third-order valence-electron chi connectivity index (χ3n) is 4.04. The highest BCUT2D eigenvalue weighted by Crippen LogP contribution is 2.28. The first-order chi connectivity index (χ1) is 13.5. The summed E-state index contributed by atoms with van der Waals surface area (Å²) in [6.07, 6.45) is 0. The van der Waals surface area contributed by atoms with Crippen molar-refractivity contribution in [2.24, 2.45) is 0 Å². The van der Waals surface area contributed by atoms with Crippen LogP contribution in [0.2, 0.25) is 5.02 Å². The number of oxazole rings is 1. The van der Waals surface area contributed by atoms with E-state index in [0.717, 1.165) is 0 Å². The summed E-state index contributed by atoms with van der Waals surface area (Å²) in [5.41, 5.74) is 2.46. The number of halogens is 1. The third-order valence-corrected chi connectivity index (χ3v) is 4.27. The molecule has 1 N–H and O–H groups in total. The lowest BCUT2D eigenvalue weighted by Crippen LogP contribution is -2.12. The van der Waals surface area contributed by atoms with Crippen LogP contribution in [0.25, 0.3) is 22.6 Å². The number of nitro groups is 1. The average Bonchev–Trinajstić information content (AvgIpc) is 3.11. The number of hydrogen-bond donors (Lipinski definition) is 1. The Hall–Kier alpha value is -3.71. The van der Waals surface area contributed by atoms with Crippen LogP contribution in [0, 0.1) is 10.1 Å². The SMILES string of the molecule is O=C(Nc1cccc(-c2nc3cc(Cl)ccc3o2)c1)c1cccc([N+](=O)[O-])c1. The van der Waals surface area contributed by atoms with Gasteiger partial charge in [-0.1, -0.05) is 23.7 Å². The van der Waals surface area contributed by atoms with E-state index in [9.17, 15) is 14.9 Å². The molecule has 1 aromatic heterocycles. The van der Waals surface area contributed by atoms with Crippen LogP contribution in [-0.4, -0.2) is 15.8 Å². The van der Waals surface area contributed by atoms with E-state index in [0.29, 0.717) is 33.3 Å². The number of hydrogen-bond acceptors (Lipinski definition) is 5. The van der Waals surface area contributed by atoms with Crippen LogP contribution in [0.5, 0.6) is 0 Å². The molecule has 8 heteroatoms. The van der Waals surface area contributed by atoms with Crippen LogP contribution in [0.3, 0.4) is 0 Å². The van der Waals surface area contributed by atoms with Crippen molar-refractivity contribution < 1.29 is 14.1 Å². The molecule has 0 unspecified atom stereocenters. The monoisotopic (exact) mass is 393 g/mol. The lowest BCUT2D eigenvalue weighted by atomic mass is 10.1. The van der Waals surface area contributed by atoms with Gasteiger partial charge in [-0.2, -0.15) is 0 Å². The number of carbonyl (C=O) groups is 1. The van der Waals surface area contributed by atoms with Gasteiger partial charge >= 0.3 is 0 Å². The Morgan fingerprint density at radius 3 is 2.71 bits per heavy atom. The van der Waals surface area contributed by atoms with Gasteiger partial charge < -0.3 is 9.73 Å². The molecule has 7 nitrogen and oxygen atoms in total. The minimum atomic E-state index is -0.545. The summed E-state index contributed by atoms with van der Waals surface area (Å²) in [4.78, 5) is 27.2. The topological polar surface area (TPSA) is 98.3 Å². The van der Waals surface area contributed by atoms with Crippen LogP contribution >= 0.6 is 11.6 Å². The Kier molecular flexibility index (Phi) is 4.50. The number of carbonyl (C=O) groups excluding carboxylic acids is 1. The Labute approximate surface area is 163 Å². The highest BCUT2D eigenvalue weighted by Gasteiger charge is 2.13. The molecule has 0 bridgehead atoms. The zero-order valence-electron chi connectivity index (χ0n) is 14.3. The summed E-state index contributed by atoms with van der Waals surface area (Å²) in [5, 5.41) is 14.2. The highest BCUT2D eigenvalue weighted by molar-refractivity contribution is 6.31. The third kappa shape index (κ3) is 3.56. The molecule has 0 aliphatic rings. The second-order valence-corrected chi connectivity index (χ2v) is 6.41. The lowest BCUT2D eigenvalue weighted by molar-refractivity contribution is -0.384. The number of fused-ring (bicyclic) bond motifs is 1. The Morgan fingerprint density at radius 1 is 1.07 bits per heavy atom. The van der Waals surface area contributed by atoms with E-state index in [4.69, 9.17) is 16.0 Å². The number of amides is 1. The maximum atomic E-state index is 12.4. The second kappa shape index (κ2) is 7.13. The van der Waals surface area contributed by atoms with Gasteiger partial charge in [0.05, 0.1) is 4.92 Å². The fourth-order valence-corrected chi connectivity index (χ4v) is 2.88. The van der Waals surface area contributed by atoms with E-state index < -0.39 is 10.8 Å². The van der Waals surface area contributed by atoms with Gasteiger partial charge in [0.25, 0.3) is 11.6 Å². The molecular formula is C20H12ClN3O4. The van der Waals surface area contributed by atoms with Crippen molar-refractivity contribution in [1.29, 1.82) is 0 Å². The minimum Gasteiger partial charge on any atom is -0.436 e. The first-order valence-corrected chi connectivity index (χ1v) is 8.60. The van der Waals surface area contributed by atoms with Gasteiger partial charge in [0.15, 0.2) is 5.58 Å². The van der Waals surface area contributed by atoms with Crippen LogP contribution in [-0.2, 0) is 0 Å². The quantitative estimate of drug-likeness (QED) is 0.374. The molecule has 1 amide bonds. The number of nitrogens with one attached hydrogen (secondary N) is 1. The fourth-order valence-electron chi connectivity index (χ4n) is 2.72. The van der Waals surface area contributed by atoms with Gasteiger partial charge in [0.1, 0.15) is 5.52 Å². The maximum Gasteiger partial charge on any atom is 0.270 e. The lowest BCUT2D eigenvalue weighted by Gasteiger charge is -2.06. The Bertz CT molecular complexity index is 1220. The van der Waals surface area contributed by atoms with Gasteiger partial charge in [-0.3, -0.25) is 14.9 Å². The number of benzene rings is 3. The molecule has 0 saturated heterocycles. The standard InChI is InChI=1S/C20H12ClN3O4/c21-14-7-8-18-17(11-14)23-20(28-18)13-4-1-5-15(9-13)22-19(25)12-3-2-6-16(10-12)24(26)27/h1-11H,(H,22,25). The fraction of sp³-hybridized carbons (Fsp3) is 0. The summed E-state index contributed by atoms with van der Waals surface area (Å²) >= 11 is 5.97. The van der Waals surface area contributed by atoms with E-state index in [-0.39, 0.29) is 11.3 Å². The van der Waals surface area contributed by atoms with E-state index >= 15 is 0 Å². The molecule has 4 aromatic rings. The van der Waals surface area contributed by atoms with E-state index in [2.05, 4.69) is 10.3 Å². The molecule has 0 aliphatic carbocycles. The zero-order chi connectivity index (χ0) is 19.7. The van der Waals surface area contributed by atoms with Crippen LogP contribution in [0.15, 0.2) is 71.1 Å². The van der Waals surface area contributed by atoms with E-state index in [1.54, 1.807) is 42.5 Å². The molecule has 1 heterocycles. The number of nitrogens with zero attached hydrogens (tertiary/aromatic N) is 2. The second-order valence-electron chi connectivity index (χ2n) is 5.97. The molecule has 0 radical (unpaired) electrons. The first kappa shape index (κ1) is 17.7. The molecule has 0 spiro atoms. The molecule has 0 aliphatic heterocycles. The van der Waals surface area contributed by atoms with Crippen LogP contribution < -0.4 is 5.32 Å². The van der Waals surface area contributed by atoms with Crippen molar-refractivity contribution in [3.8, 4) is 11.5 Å². The Balaban J connectivity index is 1.60. The maximum absolute atomic E-state index is 12.4. The summed E-state index contributed by atoms with van der Waals surface area (Å²) < 4.78 is 5.74. The van der Waals surface area contributed by atoms with Gasteiger partial charge in [-0.15, -0.1) is 0 Å². The summed E-state index contributed by atoms with van der Waals surface area (Å²) in [5.74, 6) is -0.0612. The molecule has 138 valence electrons. The number of aromatic nitrogens is 1. The van der Waals surface area contributed by atoms with Crippen molar-refractivity contribution in [3.05, 3.63) is 87.4 Å². The van der Waals surface area contributed by atoms with Crippen LogP contribution in [0.4, 0.5) is 11.4 Å². The summed E-state index contributed by atoms with van der Waals surface area (Å²) in [7, 11) is 0. The normalized spacial score (nSPS) is 10.8. The molecule has 3 aromatic carbocycles. The van der Waals surface area contributed by atoms with Gasteiger partial charge in [0.2, 0.25) is 5.89 Å². The molecule has 0 fully saturated rings. The number of rotatable bonds is 4. The van der Waals surface area contributed by atoms with Crippen molar-refractivity contribution in [2.75, 3.05) is 5.32 Å². The largest absolute Gasteiger partial charge is 0.436 e. The van der Waals surface area contributed by atoms with E-state index in [1.807, 2.05) is 0 Å². The van der Waals surface area contributed by atoms with Gasteiger partial charge in [0, 0.05) is 34.0 Å². The van der Waals surface area contributed by atoms with Crippen molar-refractivity contribution in [2.45, 2.75) is 0 Å². The zero-order valence-corrected chi connectivity index (χ0v) is 15.0. The summed E-state index contributed by atoms with van der Waals surface area (Å²) in [6, 6.07) is 17.7. The number of non-ortho nitro benzene ring substituents is 1. The number of nitro benzene ring substituents is 1. The van der Waals surface area contributed by atoms with Gasteiger partial charge in [-0.25, -0.2) is 4.98 Å². The number of anilines is 1. The van der Waals surface area contributed by atoms with Crippen molar-refractivity contribution in [3.63, 3.8) is 0 Å². The van der Waals surface area contributed by atoms with Crippen LogP contribution in [0.1, 0.15) is 10.4 Å². The Morgan fingerprint density at radius 2 is 1.89 bits per heavy atom. The molecule has 0 saturated carbocycles. The predicted molar refractivity (Wildman–Crippen MR) is 106 cm³/mol. The molecular weight excluding hydrogens is 382 g/mol. The van der Waals surface area contributed by atoms with E-state index in [1.165, 1.54) is 24.3 Å². The molecule has 4 rings (SSSR count). The average molecular weight is 394 g/mol. The smallest absolute Gasteiger partial charge is 0.270 e. The predicted octanol–water partition coefficient (Wildman–Crippen LogP) is 5.31. The summed E-state index contributed by atoms with van der Waals surface area (Å²) in [6.45, 7) is 0. The first-order valence-electron chi connectivity index (χ1n) is 8.22.